The van der Waals surface area contributed by atoms with Crippen LogP contribution in [0.5, 0.6) is 5.75 Å². The Hall–Kier alpha value is -1.62. The average Bonchev–Trinajstić information content (AvgIpc) is 2.85. The maximum atomic E-state index is 6.07. The smallest absolute Gasteiger partial charge is 0.119 e. The molecule has 1 aliphatic rings. The van der Waals surface area contributed by atoms with Crippen molar-refractivity contribution < 1.29 is 4.74 Å². The molecule has 3 rings (SSSR count). The maximum absolute atomic E-state index is 6.07. The van der Waals surface area contributed by atoms with E-state index in [1.165, 1.54) is 5.56 Å². The van der Waals surface area contributed by atoms with Crippen LogP contribution in [0, 0.1) is 5.92 Å². The minimum absolute atomic E-state index is 0. The van der Waals surface area contributed by atoms with E-state index in [-0.39, 0.29) is 12.4 Å². The van der Waals surface area contributed by atoms with Crippen molar-refractivity contribution in [2.75, 3.05) is 13.1 Å². The number of rotatable bonds is 5. The first-order chi connectivity index (χ1) is 10.7. The van der Waals surface area contributed by atoms with Gasteiger partial charge in [-0.25, -0.2) is 0 Å². The average molecular weight is 334 g/mol. The number of pyridine rings is 1. The lowest BCUT2D eigenvalue weighted by Crippen LogP contribution is -2.28. The molecule has 0 saturated carbocycles. The van der Waals surface area contributed by atoms with Crippen LogP contribution in [0.3, 0.4) is 0 Å². The van der Waals surface area contributed by atoms with Crippen molar-refractivity contribution in [1.82, 2.24) is 9.88 Å². The first-order valence-corrected chi connectivity index (χ1v) is 7.79. The highest BCUT2D eigenvalue weighted by molar-refractivity contribution is 5.85. The molecular weight excluding hydrogens is 310 g/mol. The molecule has 0 amide bonds. The standard InChI is InChI=1S/C18H23N3O.ClH/c1-14-10-21(12-18(14)19)11-15-4-6-17(7-5-15)22-13-16-3-2-8-20-9-16;/h2-9,14,18H,10-13,19H2,1H3;1H. The van der Waals surface area contributed by atoms with Gasteiger partial charge in [0.2, 0.25) is 0 Å². The van der Waals surface area contributed by atoms with Crippen molar-refractivity contribution in [1.29, 1.82) is 0 Å². The van der Waals surface area contributed by atoms with Crippen LogP contribution >= 0.6 is 12.4 Å². The highest BCUT2D eigenvalue weighted by Gasteiger charge is 2.26. The lowest BCUT2D eigenvalue weighted by Gasteiger charge is -2.15. The SMILES string of the molecule is CC1CN(Cc2ccc(OCc3cccnc3)cc2)CC1N.Cl. The Morgan fingerprint density at radius 1 is 1.17 bits per heavy atom. The molecule has 4 nitrogen and oxygen atoms in total. The molecule has 2 heterocycles. The van der Waals surface area contributed by atoms with Crippen molar-refractivity contribution in [2.24, 2.45) is 11.7 Å². The zero-order valence-electron chi connectivity index (χ0n) is 13.4. The van der Waals surface area contributed by atoms with Crippen LogP contribution in [0.4, 0.5) is 0 Å². The van der Waals surface area contributed by atoms with Gasteiger partial charge in [-0.3, -0.25) is 9.88 Å². The summed E-state index contributed by atoms with van der Waals surface area (Å²) in [5.74, 6) is 1.47. The topological polar surface area (TPSA) is 51.4 Å². The van der Waals surface area contributed by atoms with Gasteiger partial charge in [0, 0.05) is 43.6 Å². The Morgan fingerprint density at radius 3 is 2.57 bits per heavy atom. The molecule has 0 bridgehead atoms. The normalized spacial score (nSPS) is 21.0. The second-order valence-electron chi connectivity index (χ2n) is 6.13. The third-order valence-corrected chi connectivity index (χ3v) is 4.20. The van der Waals surface area contributed by atoms with Crippen LogP contribution in [0.1, 0.15) is 18.1 Å². The van der Waals surface area contributed by atoms with Crippen LogP contribution in [0.2, 0.25) is 0 Å². The minimum atomic E-state index is 0. The molecular formula is C18H24ClN3O. The van der Waals surface area contributed by atoms with Crippen molar-refractivity contribution >= 4 is 12.4 Å². The maximum Gasteiger partial charge on any atom is 0.119 e. The van der Waals surface area contributed by atoms with Gasteiger partial charge in [0.1, 0.15) is 12.4 Å². The van der Waals surface area contributed by atoms with Gasteiger partial charge in [0.15, 0.2) is 0 Å². The largest absolute Gasteiger partial charge is 0.489 e. The third kappa shape index (κ3) is 4.93. The van der Waals surface area contributed by atoms with Gasteiger partial charge in [-0.05, 0) is 29.7 Å². The highest BCUT2D eigenvalue weighted by atomic mass is 35.5. The molecule has 0 aliphatic carbocycles. The van der Waals surface area contributed by atoms with E-state index < -0.39 is 0 Å². The molecule has 2 unspecified atom stereocenters. The van der Waals surface area contributed by atoms with E-state index in [1.807, 2.05) is 30.5 Å². The summed E-state index contributed by atoms with van der Waals surface area (Å²) in [6, 6.07) is 12.6. The molecule has 2 N–H and O–H groups in total. The van der Waals surface area contributed by atoms with Crippen LogP contribution in [-0.4, -0.2) is 29.0 Å². The number of nitrogens with two attached hydrogens (primary N) is 1. The number of ether oxygens (including phenoxy) is 1. The fourth-order valence-electron chi connectivity index (χ4n) is 2.82. The Bertz CT molecular complexity index is 581. The van der Waals surface area contributed by atoms with Gasteiger partial charge in [-0.2, -0.15) is 0 Å². The fraction of sp³-hybridized carbons (Fsp3) is 0.389. The van der Waals surface area contributed by atoms with E-state index in [0.717, 1.165) is 30.9 Å². The quantitative estimate of drug-likeness (QED) is 0.914. The molecule has 23 heavy (non-hydrogen) atoms. The summed E-state index contributed by atoms with van der Waals surface area (Å²) in [5, 5.41) is 0. The zero-order valence-corrected chi connectivity index (χ0v) is 14.2. The van der Waals surface area contributed by atoms with E-state index >= 15 is 0 Å². The van der Waals surface area contributed by atoms with Crippen molar-refractivity contribution in [2.45, 2.75) is 26.1 Å². The minimum Gasteiger partial charge on any atom is -0.489 e. The van der Waals surface area contributed by atoms with Crippen molar-refractivity contribution in [3.8, 4) is 5.75 Å². The Labute approximate surface area is 144 Å². The molecule has 5 heteroatoms. The molecule has 2 aromatic rings. The number of hydrogen-bond donors (Lipinski definition) is 1. The number of aromatic nitrogens is 1. The van der Waals surface area contributed by atoms with Gasteiger partial charge in [0.25, 0.3) is 0 Å². The summed E-state index contributed by atoms with van der Waals surface area (Å²) in [7, 11) is 0. The summed E-state index contributed by atoms with van der Waals surface area (Å²) in [4.78, 5) is 6.50. The molecule has 2 atom stereocenters. The Balaban J connectivity index is 0.00000192. The summed E-state index contributed by atoms with van der Waals surface area (Å²) in [5.41, 5.74) is 8.45. The molecule has 1 aromatic heterocycles. The molecule has 0 radical (unpaired) electrons. The van der Waals surface area contributed by atoms with Crippen LogP contribution < -0.4 is 10.5 Å². The molecule has 1 saturated heterocycles. The molecule has 124 valence electrons. The Kier molecular flexibility index (Phi) is 6.39. The van der Waals surface area contributed by atoms with Gasteiger partial charge in [-0.1, -0.05) is 25.1 Å². The van der Waals surface area contributed by atoms with E-state index in [1.54, 1.807) is 6.20 Å². The number of likely N-dealkylation sites (tertiary alicyclic amines) is 1. The summed E-state index contributed by atoms with van der Waals surface area (Å²) in [6.07, 6.45) is 3.59. The van der Waals surface area contributed by atoms with Crippen LogP contribution in [-0.2, 0) is 13.2 Å². The van der Waals surface area contributed by atoms with Crippen LogP contribution in [0.25, 0.3) is 0 Å². The van der Waals surface area contributed by atoms with E-state index in [4.69, 9.17) is 10.5 Å². The third-order valence-electron chi connectivity index (χ3n) is 4.20. The highest BCUT2D eigenvalue weighted by Crippen LogP contribution is 2.19. The van der Waals surface area contributed by atoms with Gasteiger partial charge < -0.3 is 10.5 Å². The molecule has 0 spiro atoms. The lowest BCUT2D eigenvalue weighted by molar-refractivity contribution is 0.304. The molecule has 1 fully saturated rings. The number of halogens is 1. The van der Waals surface area contributed by atoms with Crippen LogP contribution in [0.15, 0.2) is 48.8 Å². The first-order valence-electron chi connectivity index (χ1n) is 7.79. The monoisotopic (exact) mass is 333 g/mol. The number of benzene rings is 1. The molecule has 1 aromatic carbocycles. The summed E-state index contributed by atoms with van der Waals surface area (Å²) in [6.45, 7) is 5.80. The van der Waals surface area contributed by atoms with Gasteiger partial charge in [0.05, 0.1) is 0 Å². The zero-order chi connectivity index (χ0) is 15.4. The van der Waals surface area contributed by atoms with E-state index in [2.05, 4.69) is 28.9 Å². The second kappa shape index (κ2) is 8.29. The molecule has 1 aliphatic heterocycles. The van der Waals surface area contributed by atoms with E-state index in [0.29, 0.717) is 18.6 Å². The fourth-order valence-corrected chi connectivity index (χ4v) is 2.82. The van der Waals surface area contributed by atoms with Crippen molar-refractivity contribution in [3.05, 3.63) is 59.9 Å². The van der Waals surface area contributed by atoms with Crippen molar-refractivity contribution in [3.63, 3.8) is 0 Å². The Morgan fingerprint density at radius 2 is 1.96 bits per heavy atom. The lowest BCUT2D eigenvalue weighted by atomic mass is 10.1. The van der Waals surface area contributed by atoms with Gasteiger partial charge in [-0.15, -0.1) is 12.4 Å². The number of nitrogens with zero attached hydrogens (tertiary/aromatic N) is 2. The number of hydrogen-bond acceptors (Lipinski definition) is 4. The van der Waals surface area contributed by atoms with Gasteiger partial charge >= 0.3 is 0 Å². The second-order valence-corrected chi connectivity index (χ2v) is 6.13. The first kappa shape index (κ1) is 17.7. The predicted molar refractivity (Wildman–Crippen MR) is 94.7 cm³/mol. The van der Waals surface area contributed by atoms with E-state index in [9.17, 15) is 0 Å². The predicted octanol–water partition coefficient (Wildman–Crippen LogP) is 2.86. The summed E-state index contributed by atoms with van der Waals surface area (Å²) < 4.78 is 5.78. The summed E-state index contributed by atoms with van der Waals surface area (Å²) >= 11 is 0.